The van der Waals surface area contributed by atoms with Gasteiger partial charge in [0.05, 0.1) is 41.4 Å². The van der Waals surface area contributed by atoms with Crippen molar-refractivity contribution >= 4 is 32.9 Å². The smallest absolute Gasteiger partial charge is 0.378 e. The summed E-state index contributed by atoms with van der Waals surface area (Å²) in [4.78, 5) is 11.5. The summed E-state index contributed by atoms with van der Waals surface area (Å²) < 4.78 is 82.9. The van der Waals surface area contributed by atoms with Crippen LogP contribution in [0.15, 0.2) is 36.8 Å². The van der Waals surface area contributed by atoms with E-state index in [0.717, 1.165) is 14.3 Å². The molecule has 1 unspecified atom stereocenters. The van der Waals surface area contributed by atoms with Gasteiger partial charge in [-0.3, -0.25) is 0 Å². The molecule has 4 aromatic rings. The number of alkyl halides is 3. The first-order valence-electron chi connectivity index (χ1n) is 15.1. The normalized spacial score (nSPS) is 15.6. The first kappa shape index (κ1) is 35.1. The van der Waals surface area contributed by atoms with Crippen LogP contribution in [0.4, 0.5) is 19.0 Å². The minimum atomic E-state index is -4.50. The molecule has 256 valence electrons. The van der Waals surface area contributed by atoms with Gasteiger partial charge in [-0.05, 0) is 51.0 Å². The molecule has 1 aliphatic rings. The second-order valence-corrected chi connectivity index (χ2v) is 17.0. The fraction of sp³-hybridized carbons (Fsp3) is 0.516. The summed E-state index contributed by atoms with van der Waals surface area (Å²) in [5.74, 6) is 0.589. The summed E-state index contributed by atoms with van der Waals surface area (Å²) in [6, 6.07) is 6.01. The monoisotopic (exact) mass is 696 g/mol. The predicted octanol–water partition coefficient (Wildman–Crippen LogP) is 4.52. The summed E-state index contributed by atoms with van der Waals surface area (Å²) >= 11 is -0.358. The topological polar surface area (TPSA) is 107 Å². The van der Waals surface area contributed by atoms with Crippen LogP contribution in [-0.2, 0) is 49.3 Å². The van der Waals surface area contributed by atoms with E-state index in [-0.39, 0.29) is 27.9 Å². The number of benzene rings is 1. The quantitative estimate of drug-likeness (QED) is 0.223. The molecule has 0 amide bonds. The molecule has 0 bridgehead atoms. The minimum Gasteiger partial charge on any atom is -0.378 e. The molecule has 1 saturated heterocycles. The third-order valence-corrected chi connectivity index (χ3v) is 12.1. The Morgan fingerprint density at radius 2 is 1.83 bits per heavy atom. The molecular weight excluding hydrogens is 656 g/mol. The van der Waals surface area contributed by atoms with E-state index >= 15 is 0 Å². The van der Waals surface area contributed by atoms with Crippen molar-refractivity contribution in [1.82, 2.24) is 27.9 Å². The van der Waals surface area contributed by atoms with E-state index in [1.54, 1.807) is 10.6 Å². The third kappa shape index (κ3) is 7.46. The number of hydrogen-bond donors (Lipinski definition) is 0. The second-order valence-electron chi connectivity index (χ2n) is 12.5. The fourth-order valence-corrected chi connectivity index (χ4v) is 6.64. The fourth-order valence-electron chi connectivity index (χ4n) is 5.17. The maximum atomic E-state index is 13.9. The van der Waals surface area contributed by atoms with Crippen LogP contribution in [0.1, 0.15) is 48.8 Å². The Labute approximate surface area is 276 Å². The average Bonchev–Trinajstić information content (AvgIpc) is 3.63. The van der Waals surface area contributed by atoms with E-state index in [0.29, 0.717) is 79.0 Å². The van der Waals surface area contributed by atoms with Gasteiger partial charge in [0.2, 0.25) is 0 Å². The van der Waals surface area contributed by atoms with Crippen LogP contribution in [0.5, 0.6) is 0 Å². The van der Waals surface area contributed by atoms with Gasteiger partial charge < -0.3 is 9.64 Å². The van der Waals surface area contributed by atoms with Gasteiger partial charge in [0.25, 0.3) is 0 Å². The lowest BCUT2D eigenvalue weighted by Crippen LogP contribution is -2.37. The molecule has 4 heterocycles. The molecule has 0 saturated carbocycles. The molecule has 1 fully saturated rings. The lowest BCUT2D eigenvalue weighted by molar-refractivity contribution is -0.138. The summed E-state index contributed by atoms with van der Waals surface area (Å²) in [5.41, 5.74) is 2.49. The van der Waals surface area contributed by atoms with Gasteiger partial charge in [0.1, 0.15) is 30.4 Å². The lowest BCUT2D eigenvalue weighted by Gasteiger charge is -2.28. The van der Waals surface area contributed by atoms with Gasteiger partial charge in [0.15, 0.2) is 16.2 Å². The molecule has 1 aromatic carbocycles. The second kappa shape index (κ2) is 13.4. The highest BCUT2D eigenvalue weighted by atomic mass is 32.2. The van der Waals surface area contributed by atoms with Crippen molar-refractivity contribution in [3.05, 3.63) is 64.9 Å². The van der Waals surface area contributed by atoms with E-state index < -0.39 is 21.9 Å². The van der Waals surface area contributed by atoms with E-state index in [1.807, 2.05) is 17.2 Å². The first-order chi connectivity index (χ1) is 22.0. The first-order valence-corrected chi connectivity index (χ1v) is 18.1. The predicted molar refractivity (Wildman–Crippen MR) is 177 cm³/mol. The molecule has 16 heteroatoms. The minimum absolute atomic E-state index is 0.0651. The van der Waals surface area contributed by atoms with Gasteiger partial charge in [-0.1, -0.05) is 12.1 Å². The van der Waals surface area contributed by atoms with Crippen LogP contribution in [0.2, 0.25) is 0 Å². The van der Waals surface area contributed by atoms with Crippen LogP contribution in [0.25, 0.3) is 16.9 Å². The zero-order valence-electron chi connectivity index (χ0n) is 27.6. The van der Waals surface area contributed by atoms with Gasteiger partial charge in [-0.25, -0.2) is 18.5 Å². The molecule has 0 N–H and O–H groups in total. The van der Waals surface area contributed by atoms with Crippen molar-refractivity contribution in [2.24, 2.45) is 0 Å². The molecule has 0 radical (unpaired) electrons. The molecule has 11 nitrogen and oxygen atoms in total. The van der Waals surface area contributed by atoms with Crippen LogP contribution in [0.3, 0.4) is 0 Å². The van der Waals surface area contributed by atoms with Crippen molar-refractivity contribution in [3.63, 3.8) is 0 Å². The largest absolute Gasteiger partial charge is 0.416 e. The molecule has 3 aromatic heterocycles. The van der Waals surface area contributed by atoms with Gasteiger partial charge in [0, 0.05) is 46.2 Å². The molecule has 47 heavy (non-hydrogen) atoms. The number of hydrogen-bond acceptors (Lipinski definition) is 8. The Bertz CT molecular complexity index is 1840. The highest BCUT2D eigenvalue weighted by Crippen LogP contribution is 2.35. The van der Waals surface area contributed by atoms with Crippen LogP contribution < -0.4 is 4.90 Å². The molecule has 1 atom stereocenters. The number of halogens is 3. The van der Waals surface area contributed by atoms with Gasteiger partial charge in [-0.15, -0.1) is 5.10 Å². The Balaban J connectivity index is 1.69. The zero-order chi connectivity index (χ0) is 34.3. The van der Waals surface area contributed by atoms with E-state index in [1.165, 1.54) is 39.6 Å². The van der Waals surface area contributed by atoms with Crippen molar-refractivity contribution < 1.29 is 30.5 Å². The molecule has 0 aliphatic carbocycles. The molecule has 0 spiro atoms. The maximum absolute atomic E-state index is 13.9. The zero-order valence-corrected chi connectivity index (χ0v) is 29.3. The number of nitrogens with zero attached hydrogens (tertiary/aromatic N) is 7. The Kier molecular flexibility index (Phi) is 10.0. The number of fused-ring (bicyclic) bond motifs is 1. The number of aromatic nitrogens is 5. The van der Waals surface area contributed by atoms with Crippen molar-refractivity contribution in [2.75, 3.05) is 58.2 Å². The number of rotatable bonds is 10. The average molecular weight is 697 g/mol. The van der Waals surface area contributed by atoms with Crippen LogP contribution in [0, 0.1) is 6.92 Å². The summed E-state index contributed by atoms with van der Waals surface area (Å²) in [5, 5.41) is 4.97. The Morgan fingerprint density at radius 1 is 1.13 bits per heavy atom. The van der Waals surface area contributed by atoms with E-state index in [4.69, 9.17) is 19.0 Å². The van der Waals surface area contributed by atoms with Crippen LogP contribution in [-0.4, -0.2) is 94.3 Å². The summed E-state index contributed by atoms with van der Waals surface area (Å²) in [6.07, 6.45) is 0.707. The Hall–Kier alpha value is -3.18. The highest BCUT2D eigenvalue weighted by molar-refractivity contribution is 7.93. The van der Waals surface area contributed by atoms with Crippen molar-refractivity contribution in [1.29, 1.82) is 0 Å². The standard InChI is InChI=1S/C31H41F3N7O4S2/c1-21-22(9-8-10-24(21)31(32,33)34)17-27-25(11-14-45-46(7)30(2,3)4)36-29-23(26-19-40(20-35-26)47(42,43)38(5)6)18-28(37-41(27)29)39-12-15-44-16-13-39/h8-10,18-20H,11-17H2,1-7H3/q+1. The van der Waals surface area contributed by atoms with Crippen LogP contribution >= 0.6 is 0 Å². The molecule has 1 aliphatic heterocycles. The third-order valence-electron chi connectivity index (χ3n) is 8.22. The SMILES string of the molecule is Cc1c(Cc2c(CCO[S+](C)C(C)(C)C)nc3c(-c4cn(S(=O)(=O)N(C)C)cn4)cc(N4CCOCC4)nn23)cccc1C(F)(F)F. The summed E-state index contributed by atoms with van der Waals surface area (Å²) in [7, 11) is -0.969. The molecule has 5 rings (SSSR count). The number of morpholine rings is 1. The highest BCUT2D eigenvalue weighted by Gasteiger charge is 2.34. The number of ether oxygens (including phenoxy) is 1. The van der Waals surface area contributed by atoms with Crippen molar-refractivity contribution in [2.45, 2.75) is 51.5 Å². The number of anilines is 1. The Morgan fingerprint density at radius 3 is 2.47 bits per heavy atom. The van der Waals surface area contributed by atoms with E-state index in [2.05, 4.69) is 25.8 Å². The van der Waals surface area contributed by atoms with Gasteiger partial charge >= 0.3 is 16.4 Å². The van der Waals surface area contributed by atoms with Crippen molar-refractivity contribution in [3.8, 4) is 11.3 Å². The maximum Gasteiger partial charge on any atom is 0.416 e. The van der Waals surface area contributed by atoms with E-state index in [9.17, 15) is 21.6 Å². The number of imidazole rings is 2. The summed E-state index contributed by atoms with van der Waals surface area (Å²) in [6.45, 7) is 10.3. The lowest BCUT2D eigenvalue weighted by atomic mass is 9.97. The molecular formula is C31H41F3N7O4S2+. The van der Waals surface area contributed by atoms with Gasteiger partial charge in [-0.2, -0.15) is 30.1 Å².